The Hall–Kier alpha value is -3.42. The molecule has 0 amide bonds. The van der Waals surface area contributed by atoms with Crippen molar-refractivity contribution in [2.75, 3.05) is 12.4 Å². The van der Waals surface area contributed by atoms with E-state index in [0.29, 0.717) is 22.7 Å². The second kappa shape index (κ2) is 5.59. The van der Waals surface area contributed by atoms with Gasteiger partial charge in [0, 0.05) is 11.4 Å². The topological polar surface area (TPSA) is 109 Å². The zero-order valence-electron chi connectivity index (χ0n) is 14.0. The Balaban J connectivity index is 1.91. The van der Waals surface area contributed by atoms with Crippen LogP contribution in [-0.2, 0) is 0 Å². The third-order valence-electron chi connectivity index (χ3n) is 3.87. The molecule has 3 N–H and O–H groups in total. The first kappa shape index (κ1) is 15.1. The Labute approximate surface area is 142 Å². The van der Waals surface area contributed by atoms with Gasteiger partial charge >= 0.3 is 0 Å². The number of anilines is 2. The summed E-state index contributed by atoms with van der Waals surface area (Å²) in [6.45, 7) is 3.76. The van der Waals surface area contributed by atoms with E-state index in [4.69, 9.17) is 4.74 Å². The van der Waals surface area contributed by atoms with Crippen molar-refractivity contribution in [2.24, 2.45) is 0 Å². The maximum Gasteiger partial charge on any atom is 0.276 e. The second-order valence-corrected chi connectivity index (χ2v) is 5.75. The predicted molar refractivity (Wildman–Crippen MR) is 95.6 cm³/mol. The van der Waals surface area contributed by atoms with Gasteiger partial charge in [-0.2, -0.15) is 0 Å². The number of fused-ring (bicyclic) bond motifs is 3. The van der Waals surface area contributed by atoms with Crippen LogP contribution in [0.5, 0.6) is 5.75 Å². The lowest BCUT2D eigenvalue weighted by molar-refractivity contribution is 0.420. The molecule has 0 unspecified atom stereocenters. The summed E-state index contributed by atoms with van der Waals surface area (Å²) >= 11 is 0. The van der Waals surface area contributed by atoms with Gasteiger partial charge in [-0.05, 0) is 32.0 Å². The summed E-state index contributed by atoms with van der Waals surface area (Å²) in [4.78, 5) is 31.4. The molecule has 0 spiro atoms. The Morgan fingerprint density at radius 3 is 2.56 bits per heavy atom. The minimum atomic E-state index is -0.282. The highest BCUT2D eigenvalue weighted by molar-refractivity contribution is 6.08. The van der Waals surface area contributed by atoms with Crippen LogP contribution in [0.1, 0.15) is 11.4 Å². The van der Waals surface area contributed by atoms with Crippen LogP contribution < -0.4 is 15.6 Å². The monoisotopic (exact) mass is 336 g/mol. The minimum absolute atomic E-state index is 0.273. The number of hydrogen-bond acceptors (Lipinski definition) is 6. The van der Waals surface area contributed by atoms with Crippen molar-refractivity contribution in [3.05, 3.63) is 46.0 Å². The number of nitrogens with one attached hydrogen (secondary N) is 3. The van der Waals surface area contributed by atoms with Gasteiger partial charge in [-0.15, -0.1) is 0 Å². The minimum Gasteiger partial charge on any atom is -0.496 e. The van der Waals surface area contributed by atoms with Crippen LogP contribution in [0.15, 0.2) is 29.1 Å². The van der Waals surface area contributed by atoms with Crippen LogP contribution in [0.25, 0.3) is 21.9 Å². The van der Waals surface area contributed by atoms with E-state index in [1.807, 2.05) is 38.1 Å². The average molecular weight is 336 g/mol. The van der Waals surface area contributed by atoms with Gasteiger partial charge in [0.15, 0.2) is 0 Å². The van der Waals surface area contributed by atoms with Gasteiger partial charge in [-0.1, -0.05) is 6.07 Å². The number of aromatic nitrogens is 5. The maximum atomic E-state index is 12.4. The molecule has 0 fully saturated rings. The summed E-state index contributed by atoms with van der Waals surface area (Å²) in [6, 6.07) is 7.43. The molecule has 0 saturated heterocycles. The van der Waals surface area contributed by atoms with Crippen LogP contribution >= 0.6 is 0 Å². The van der Waals surface area contributed by atoms with E-state index < -0.39 is 0 Å². The highest BCUT2D eigenvalue weighted by atomic mass is 16.5. The van der Waals surface area contributed by atoms with Gasteiger partial charge in [0.25, 0.3) is 5.56 Å². The number of methoxy groups -OCH3 is 1. The molecule has 0 atom stereocenters. The summed E-state index contributed by atoms with van der Waals surface area (Å²) in [5, 5.41) is 3.73. The first-order chi connectivity index (χ1) is 12.0. The lowest BCUT2D eigenvalue weighted by atomic mass is 10.2. The first-order valence-corrected chi connectivity index (χ1v) is 7.73. The smallest absolute Gasteiger partial charge is 0.276 e. The molecule has 1 aromatic carbocycles. The number of nitrogens with zero attached hydrogens (tertiary/aromatic N) is 3. The molecule has 3 heterocycles. The average Bonchev–Trinajstić information content (AvgIpc) is 2.93. The zero-order valence-corrected chi connectivity index (χ0v) is 14.0. The lowest BCUT2D eigenvalue weighted by Gasteiger charge is -2.06. The molecule has 8 nitrogen and oxygen atoms in total. The predicted octanol–water partition coefficient (Wildman–Crippen LogP) is 2.56. The fourth-order valence-corrected chi connectivity index (χ4v) is 2.90. The van der Waals surface area contributed by atoms with Crippen molar-refractivity contribution >= 4 is 33.8 Å². The molecular weight excluding hydrogens is 320 g/mol. The van der Waals surface area contributed by atoms with Crippen LogP contribution in [0, 0.1) is 13.8 Å². The number of benzene rings is 1. The van der Waals surface area contributed by atoms with E-state index in [1.165, 1.54) is 0 Å². The third-order valence-corrected chi connectivity index (χ3v) is 3.87. The zero-order chi connectivity index (χ0) is 17.6. The normalized spacial score (nSPS) is 11.2. The summed E-state index contributed by atoms with van der Waals surface area (Å²) in [5.41, 5.74) is 3.08. The van der Waals surface area contributed by atoms with Gasteiger partial charge in [-0.3, -0.25) is 15.1 Å². The quantitative estimate of drug-likeness (QED) is 0.530. The van der Waals surface area contributed by atoms with Crippen molar-refractivity contribution in [1.82, 2.24) is 24.9 Å². The molecule has 0 aliphatic carbocycles. The molecule has 3 aromatic heterocycles. The fourth-order valence-electron chi connectivity index (χ4n) is 2.90. The lowest BCUT2D eigenvalue weighted by Crippen LogP contribution is -2.12. The Morgan fingerprint density at radius 1 is 1.08 bits per heavy atom. The first-order valence-electron chi connectivity index (χ1n) is 7.73. The van der Waals surface area contributed by atoms with Crippen molar-refractivity contribution in [3.63, 3.8) is 0 Å². The van der Waals surface area contributed by atoms with E-state index >= 15 is 0 Å². The van der Waals surface area contributed by atoms with Crippen LogP contribution in [0.3, 0.4) is 0 Å². The molecule has 0 aliphatic heterocycles. The number of ether oxygens (including phenoxy) is 1. The van der Waals surface area contributed by atoms with Crippen LogP contribution in [-0.4, -0.2) is 32.0 Å². The molecule has 4 aromatic rings. The maximum absolute atomic E-state index is 12.4. The number of rotatable bonds is 3. The largest absolute Gasteiger partial charge is 0.496 e. The summed E-state index contributed by atoms with van der Waals surface area (Å²) in [5.74, 6) is 1.30. The molecule has 8 heteroatoms. The number of hydrogen-bond donors (Lipinski definition) is 3. The Morgan fingerprint density at radius 2 is 1.84 bits per heavy atom. The standard InChI is InChI=1S/C17H16N6O2/c1-8-7-9(2)19-16(18-8)23-17-21-13-12-10(5-4-6-11(12)25-3)20-14(13)15(24)22-17/h4-7,20H,1-3H3,(H2,18,19,21,22,23,24). The van der Waals surface area contributed by atoms with Gasteiger partial charge in [0.2, 0.25) is 11.9 Å². The van der Waals surface area contributed by atoms with Gasteiger partial charge in [0.1, 0.15) is 16.8 Å². The Bertz CT molecular complexity index is 1140. The Kier molecular flexibility index (Phi) is 3.38. The third kappa shape index (κ3) is 2.57. The molecular formula is C17H16N6O2. The van der Waals surface area contributed by atoms with Crippen LogP contribution in [0.4, 0.5) is 11.9 Å². The molecule has 25 heavy (non-hydrogen) atoms. The highest BCUT2D eigenvalue weighted by Crippen LogP contribution is 2.30. The molecule has 0 radical (unpaired) electrons. The number of aryl methyl sites for hydroxylation is 2. The molecule has 126 valence electrons. The van der Waals surface area contributed by atoms with Gasteiger partial charge < -0.3 is 9.72 Å². The summed E-state index contributed by atoms with van der Waals surface area (Å²) in [7, 11) is 1.59. The highest BCUT2D eigenvalue weighted by Gasteiger charge is 2.15. The summed E-state index contributed by atoms with van der Waals surface area (Å²) < 4.78 is 5.41. The van der Waals surface area contributed by atoms with Gasteiger partial charge in [-0.25, -0.2) is 15.0 Å². The molecule has 0 saturated carbocycles. The second-order valence-electron chi connectivity index (χ2n) is 5.75. The van der Waals surface area contributed by atoms with Crippen molar-refractivity contribution in [3.8, 4) is 5.75 Å². The number of aromatic amines is 2. The van der Waals surface area contributed by atoms with E-state index in [2.05, 4.69) is 30.2 Å². The van der Waals surface area contributed by atoms with E-state index in [-0.39, 0.29) is 11.5 Å². The molecule has 0 bridgehead atoms. The summed E-state index contributed by atoms with van der Waals surface area (Å²) in [6.07, 6.45) is 0. The van der Waals surface area contributed by atoms with E-state index in [1.54, 1.807) is 7.11 Å². The number of H-pyrrole nitrogens is 2. The van der Waals surface area contributed by atoms with Gasteiger partial charge in [0.05, 0.1) is 18.0 Å². The fraction of sp³-hybridized carbons (Fsp3) is 0.176. The van der Waals surface area contributed by atoms with Crippen LogP contribution in [0.2, 0.25) is 0 Å². The van der Waals surface area contributed by atoms with Crippen molar-refractivity contribution < 1.29 is 4.74 Å². The molecule has 4 rings (SSSR count). The SMILES string of the molecule is COc1cccc2[nH]c3c(=O)[nH]c(Nc4nc(C)cc(C)n4)nc3c12. The van der Waals surface area contributed by atoms with Crippen molar-refractivity contribution in [1.29, 1.82) is 0 Å². The van der Waals surface area contributed by atoms with E-state index in [0.717, 1.165) is 22.3 Å². The van der Waals surface area contributed by atoms with Crippen molar-refractivity contribution in [2.45, 2.75) is 13.8 Å². The molecule has 0 aliphatic rings. The van der Waals surface area contributed by atoms with E-state index in [9.17, 15) is 4.79 Å².